The van der Waals surface area contributed by atoms with Crippen molar-refractivity contribution in [2.45, 2.75) is 19.4 Å². The smallest absolute Gasteiger partial charge is 0.275 e. The quantitative estimate of drug-likeness (QED) is 0.564. The molecule has 3 rings (SSSR count). The van der Waals surface area contributed by atoms with Crippen LogP contribution in [0.1, 0.15) is 23.5 Å². The molecule has 1 amide bonds. The molecular weight excluding hydrogens is 386 g/mol. The van der Waals surface area contributed by atoms with E-state index in [-0.39, 0.29) is 11.9 Å². The van der Waals surface area contributed by atoms with Crippen LogP contribution < -0.4 is 19.7 Å². The normalized spacial score (nSPS) is 13.1. The van der Waals surface area contributed by atoms with E-state index in [2.05, 4.69) is 18.3 Å². The lowest BCUT2D eigenvalue weighted by Crippen LogP contribution is -3.10. The molecule has 2 atom stereocenters. The molecule has 7 heteroatoms. The van der Waals surface area contributed by atoms with Crippen molar-refractivity contribution in [1.82, 2.24) is 10.3 Å². The van der Waals surface area contributed by atoms with Gasteiger partial charge in [-0.2, -0.15) is 0 Å². The largest absolute Gasteiger partial charge is 0.493 e. The zero-order valence-electron chi connectivity index (χ0n) is 17.3. The van der Waals surface area contributed by atoms with Crippen molar-refractivity contribution in [3.8, 4) is 11.5 Å². The lowest BCUT2D eigenvalue weighted by atomic mass is 10.1. The Bertz CT molecular complexity index is 940. The van der Waals surface area contributed by atoms with E-state index in [1.54, 1.807) is 25.6 Å². The molecule has 3 aromatic rings. The van der Waals surface area contributed by atoms with Gasteiger partial charge in [0.25, 0.3) is 5.91 Å². The maximum absolute atomic E-state index is 12.4. The van der Waals surface area contributed by atoms with Gasteiger partial charge in [0.05, 0.1) is 31.5 Å². The van der Waals surface area contributed by atoms with Crippen molar-refractivity contribution in [3.63, 3.8) is 0 Å². The molecule has 2 aromatic carbocycles. The Hall–Kier alpha value is -2.64. The van der Waals surface area contributed by atoms with E-state index < -0.39 is 0 Å². The molecular formula is C22H28N3O3S+. The third-order valence-corrected chi connectivity index (χ3v) is 6.26. The van der Waals surface area contributed by atoms with Gasteiger partial charge < -0.3 is 19.7 Å². The van der Waals surface area contributed by atoms with E-state index in [9.17, 15) is 4.79 Å². The van der Waals surface area contributed by atoms with E-state index >= 15 is 0 Å². The Morgan fingerprint density at radius 1 is 1.17 bits per heavy atom. The molecule has 0 aliphatic rings. The molecule has 29 heavy (non-hydrogen) atoms. The van der Waals surface area contributed by atoms with Crippen LogP contribution >= 0.6 is 11.3 Å². The predicted molar refractivity (Wildman–Crippen MR) is 116 cm³/mol. The van der Waals surface area contributed by atoms with Gasteiger partial charge >= 0.3 is 0 Å². The second-order valence-corrected chi connectivity index (χ2v) is 8.12. The van der Waals surface area contributed by atoms with Gasteiger partial charge in [-0.25, -0.2) is 4.98 Å². The third-order valence-electron chi connectivity index (χ3n) is 5.04. The number of likely N-dealkylation sites (N-methyl/N-ethyl adjacent to an activating group) is 1. The minimum absolute atomic E-state index is 0.0379. The number of aromatic nitrogens is 1. The number of methoxy groups -OCH3 is 2. The zero-order chi connectivity index (χ0) is 20.8. The summed E-state index contributed by atoms with van der Waals surface area (Å²) in [5.41, 5.74) is 2.11. The molecule has 0 aliphatic carbocycles. The highest BCUT2D eigenvalue weighted by molar-refractivity contribution is 7.18. The highest BCUT2D eigenvalue weighted by Crippen LogP contribution is 2.27. The number of amides is 1. The summed E-state index contributed by atoms with van der Waals surface area (Å²) in [4.78, 5) is 18.2. The van der Waals surface area contributed by atoms with Crippen molar-refractivity contribution in [3.05, 3.63) is 53.0 Å². The van der Waals surface area contributed by atoms with Gasteiger partial charge in [0.2, 0.25) is 0 Å². The zero-order valence-corrected chi connectivity index (χ0v) is 18.1. The number of nitrogens with one attached hydrogen (secondary N) is 2. The number of quaternary nitrogens is 1. The van der Waals surface area contributed by atoms with Gasteiger partial charge in [-0.15, -0.1) is 11.3 Å². The number of benzene rings is 2. The van der Waals surface area contributed by atoms with Crippen molar-refractivity contribution < 1.29 is 19.2 Å². The predicted octanol–water partition coefficient (Wildman–Crippen LogP) is 2.25. The molecule has 0 aliphatic heterocycles. The van der Waals surface area contributed by atoms with Crippen molar-refractivity contribution in [1.29, 1.82) is 0 Å². The summed E-state index contributed by atoms with van der Waals surface area (Å²) < 4.78 is 11.8. The van der Waals surface area contributed by atoms with Crippen LogP contribution in [0.15, 0.2) is 42.5 Å². The van der Waals surface area contributed by atoms with Crippen molar-refractivity contribution >= 4 is 27.5 Å². The van der Waals surface area contributed by atoms with Crippen LogP contribution in [0.25, 0.3) is 10.2 Å². The number of carbonyl (C=O) groups is 1. The molecule has 1 unspecified atom stereocenters. The van der Waals surface area contributed by atoms with E-state index in [0.29, 0.717) is 24.6 Å². The highest BCUT2D eigenvalue weighted by atomic mass is 32.1. The van der Waals surface area contributed by atoms with Gasteiger partial charge in [-0.1, -0.05) is 18.2 Å². The monoisotopic (exact) mass is 414 g/mol. The molecule has 0 saturated carbocycles. The summed E-state index contributed by atoms with van der Waals surface area (Å²) in [6.07, 6.45) is 0.735. The van der Waals surface area contributed by atoms with Crippen LogP contribution in [0.5, 0.6) is 11.5 Å². The van der Waals surface area contributed by atoms with Gasteiger partial charge in [-0.05, 0) is 43.2 Å². The Morgan fingerprint density at radius 2 is 1.93 bits per heavy atom. The number of rotatable bonds is 9. The van der Waals surface area contributed by atoms with Crippen LogP contribution in [0.4, 0.5) is 0 Å². The number of hydrogen-bond acceptors (Lipinski definition) is 5. The molecule has 6 nitrogen and oxygen atoms in total. The fourth-order valence-electron chi connectivity index (χ4n) is 3.14. The minimum Gasteiger partial charge on any atom is -0.493 e. The molecule has 154 valence electrons. The minimum atomic E-state index is 0.0379. The number of nitrogens with zero attached hydrogens (tertiary/aromatic N) is 1. The highest BCUT2D eigenvalue weighted by Gasteiger charge is 2.21. The van der Waals surface area contributed by atoms with E-state index in [1.165, 1.54) is 4.70 Å². The first-order valence-electron chi connectivity index (χ1n) is 9.67. The fourth-order valence-corrected chi connectivity index (χ4v) is 4.25. The molecule has 0 radical (unpaired) electrons. The first-order valence-corrected chi connectivity index (χ1v) is 10.5. The maximum Gasteiger partial charge on any atom is 0.275 e. The maximum atomic E-state index is 12.4. The SMILES string of the molecule is COc1ccc(CCNC(=O)C[NH+](C)[C@@H](C)c2nc3ccccc3s2)cc1OC. The summed E-state index contributed by atoms with van der Waals surface area (Å²) in [6, 6.07) is 14.1. The summed E-state index contributed by atoms with van der Waals surface area (Å²) in [5, 5.41) is 4.07. The second kappa shape index (κ2) is 9.71. The molecule has 2 N–H and O–H groups in total. The van der Waals surface area contributed by atoms with Crippen LogP contribution in [-0.4, -0.2) is 45.2 Å². The first kappa shape index (κ1) is 21.1. The van der Waals surface area contributed by atoms with E-state index in [1.807, 2.05) is 43.4 Å². The number of thiazole rings is 1. The van der Waals surface area contributed by atoms with Crippen LogP contribution in [0, 0.1) is 0 Å². The number of ether oxygens (including phenoxy) is 2. The average Bonchev–Trinajstić information content (AvgIpc) is 3.17. The number of fused-ring (bicyclic) bond motifs is 1. The summed E-state index contributed by atoms with van der Waals surface area (Å²) in [5.74, 6) is 1.44. The number of hydrogen-bond donors (Lipinski definition) is 2. The molecule has 0 spiro atoms. The Balaban J connectivity index is 1.49. The van der Waals surface area contributed by atoms with Gasteiger partial charge in [0.15, 0.2) is 23.1 Å². The topological polar surface area (TPSA) is 64.9 Å². The standard InChI is InChI=1S/C22H27N3O3S/c1-15(22-24-17-7-5-6-8-20(17)29-22)25(2)14-21(26)23-12-11-16-9-10-18(27-3)19(13-16)28-4/h5-10,13,15H,11-12,14H2,1-4H3,(H,23,26)/p+1/t15-/m0/s1. The Morgan fingerprint density at radius 3 is 2.66 bits per heavy atom. The summed E-state index contributed by atoms with van der Waals surface area (Å²) in [7, 11) is 5.27. The molecule has 1 aromatic heterocycles. The molecule has 1 heterocycles. The van der Waals surface area contributed by atoms with Crippen LogP contribution in [-0.2, 0) is 11.2 Å². The van der Waals surface area contributed by atoms with Gasteiger partial charge in [0, 0.05) is 6.54 Å². The Kier molecular flexibility index (Phi) is 7.06. The third kappa shape index (κ3) is 5.25. The first-order chi connectivity index (χ1) is 14.0. The van der Waals surface area contributed by atoms with Crippen molar-refractivity contribution in [2.24, 2.45) is 0 Å². The van der Waals surface area contributed by atoms with Crippen LogP contribution in [0.2, 0.25) is 0 Å². The lowest BCUT2D eigenvalue weighted by molar-refractivity contribution is -0.902. The van der Waals surface area contributed by atoms with Gasteiger partial charge in [-0.3, -0.25) is 4.79 Å². The number of carbonyl (C=O) groups excluding carboxylic acids is 1. The van der Waals surface area contributed by atoms with Gasteiger partial charge in [0.1, 0.15) is 6.04 Å². The van der Waals surface area contributed by atoms with Crippen molar-refractivity contribution in [2.75, 3.05) is 34.4 Å². The average molecular weight is 415 g/mol. The second-order valence-electron chi connectivity index (χ2n) is 7.05. The number of para-hydroxylation sites is 1. The lowest BCUT2D eigenvalue weighted by Gasteiger charge is -2.19. The fraction of sp³-hybridized carbons (Fsp3) is 0.364. The van der Waals surface area contributed by atoms with Crippen LogP contribution in [0.3, 0.4) is 0 Å². The van der Waals surface area contributed by atoms with E-state index in [4.69, 9.17) is 14.5 Å². The Labute approximate surface area is 175 Å². The van der Waals surface area contributed by atoms with E-state index in [0.717, 1.165) is 27.4 Å². The molecule has 0 bridgehead atoms. The summed E-state index contributed by atoms with van der Waals surface area (Å²) in [6.45, 7) is 3.10. The molecule has 0 fully saturated rings. The molecule has 0 saturated heterocycles. The summed E-state index contributed by atoms with van der Waals surface area (Å²) >= 11 is 1.70.